The SMILES string of the molecule is COC[C@@H]1C[C@@H](F)[C@H](n2ccccc2=O)O1. The van der Waals surface area contributed by atoms with Crippen LogP contribution in [0.25, 0.3) is 0 Å². The van der Waals surface area contributed by atoms with Crippen molar-refractivity contribution in [3.05, 3.63) is 34.7 Å². The molecule has 0 aromatic carbocycles. The maximum absolute atomic E-state index is 13.7. The topological polar surface area (TPSA) is 40.5 Å². The average molecular weight is 227 g/mol. The van der Waals surface area contributed by atoms with Crippen LogP contribution in [-0.2, 0) is 9.47 Å². The summed E-state index contributed by atoms with van der Waals surface area (Å²) in [6, 6.07) is 4.69. The van der Waals surface area contributed by atoms with E-state index in [1.165, 1.54) is 16.8 Å². The standard InChI is InChI=1S/C11H14FNO3/c1-15-7-8-6-9(12)11(16-8)13-5-3-2-4-10(13)14/h2-5,8-9,11H,6-7H2,1H3/t8-,9+,11+/m0/s1. The first-order valence-electron chi connectivity index (χ1n) is 5.18. The molecule has 0 unspecified atom stereocenters. The van der Waals surface area contributed by atoms with Crippen LogP contribution in [0.1, 0.15) is 12.6 Å². The molecule has 1 aromatic heterocycles. The number of hydrogen-bond acceptors (Lipinski definition) is 3. The number of halogens is 1. The number of aromatic nitrogens is 1. The van der Waals surface area contributed by atoms with Crippen LogP contribution in [0, 0.1) is 0 Å². The molecule has 2 heterocycles. The van der Waals surface area contributed by atoms with Gasteiger partial charge in [0, 0.05) is 25.8 Å². The van der Waals surface area contributed by atoms with Crippen molar-refractivity contribution < 1.29 is 13.9 Å². The number of ether oxygens (including phenoxy) is 2. The molecule has 3 atom stereocenters. The van der Waals surface area contributed by atoms with Gasteiger partial charge in [-0.1, -0.05) is 6.07 Å². The van der Waals surface area contributed by atoms with E-state index in [0.717, 1.165) is 0 Å². The first-order chi connectivity index (χ1) is 7.72. The highest BCUT2D eigenvalue weighted by molar-refractivity contribution is 4.96. The Bertz CT molecular complexity index is 406. The summed E-state index contributed by atoms with van der Waals surface area (Å²) in [5.74, 6) is 0. The molecule has 88 valence electrons. The first-order valence-corrected chi connectivity index (χ1v) is 5.18. The lowest BCUT2D eigenvalue weighted by molar-refractivity contribution is -0.0456. The third-order valence-corrected chi connectivity index (χ3v) is 2.61. The molecule has 1 fully saturated rings. The van der Waals surface area contributed by atoms with Crippen molar-refractivity contribution in [1.29, 1.82) is 0 Å². The minimum Gasteiger partial charge on any atom is -0.382 e. The molecule has 5 heteroatoms. The zero-order valence-corrected chi connectivity index (χ0v) is 9.01. The smallest absolute Gasteiger partial charge is 0.252 e. The van der Waals surface area contributed by atoms with Gasteiger partial charge >= 0.3 is 0 Å². The molecule has 1 aromatic rings. The molecule has 0 aliphatic carbocycles. The molecule has 16 heavy (non-hydrogen) atoms. The van der Waals surface area contributed by atoms with E-state index in [2.05, 4.69) is 0 Å². The molecule has 2 rings (SSSR count). The Morgan fingerprint density at radius 2 is 2.44 bits per heavy atom. The molecule has 4 nitrogen and oxygen atoms in total. The van der Waals surface area contributed by atoms with Crippen molar-refractivity contribution in [1.82, 2.24) is 4.57 Å². The van der Waals surface area contributed by atoms with E-state index >= 15 is 0 Å². The summed E-state index contributed by atoms with van der Waals surface area (Å²) in [5.41, 5.74) is -0.256. The fourth-order valence-corrected chi connectivity index (χ4v) is 1.89. The van der Waals surface area contributed by atoms with Gasteiger partial charge in [-0.05, 0) is 6.07 Å². The van der Waals surface area contributed by atoms with Crippen molar-refractivity contribution in [3.8, 4) is 0 Å². The highest BCUT2D eigenvalue weighted by atomic mass is 19.1. The number of hydrogen-bond donors (Lipinski definition) is 0. The molecule has 0 saturated carbocycles. The number of rotatable bonds is 3. The highest BCUT2D eigenvalue weighted by Gasteiger charge is 2.36. The van der Waals surface area contributed by atoms with Gasteiger partial charge in [-0.15, -0.1) is 0 Å². The predicted octanol–water partition coefficient (Wildman–Crippen LogP) is 1.12. The maximum atomic E-state index is 13.7. The second kappa shape index (κ2) is 4.76. The third-order valence-electron chi connectivity index (χ3n) is 2.61. The predicted molar refractivity (Wildman–Crippen MR) is 56.0 cm³/mol. The Kier molecular flexibility index (Phi) is 3.36. The summed E-state index contributed by atoms with van der Waals surface area (Å²) in [6.07, 6.45) is -0.472. The van der Waals surface area contributed by atoms with Crippen molar-refractivity contribution in [2.45, 2.75) is 24.9 Å². The summed E-state index contributed by atoms with van der Waals surface area (Å²) in [7, 11) is 1.54. The molecule has 1 saturated heterocycles. The Balaban J connectivity index is 2.17. The molecule has 0 spiro atoms. The van der Waals surface area contributed by atoms with Gasteiger partial charge in [0.15, 0.2) is 6.23 Å². The molecular weight excluding hydrogens is 213 g/mol. The third kappa shape index (κ3) is 2.15. The minimum atomic E-state index is -1.17. The average Bonchev–Trinajstić information content (AvgIpc) is 2.61. The van der Waals surface area contributed by atoms with Gasteiger partial charge in [0.1, 0.15) is 6.17 Å². The van der Waals surface area contributed by atoms with Crippen LogP contribution < -0.4 is 5.56 Å². The summed E-state index contributed by atoms with van der Waals surface area (Å²) >= 11 is 0. The van der Waals surface area contributed by atoms with E-state index in [0.29, 0.717) is 6.61 Å². The second-order valence-electron chi connectivity index (χ2n) is 3.80. The van der Waals surface area contributed by atoms with Gasteiger partial charge in [-0.2, -0.15) is 0 Å². The van der Waals surface area contributed by atoms with Crippen LogP contribution in [0.5, 0.6) is 0 Å². The summed E-state index contributed by atoms with van der Waals surface area (Å²) in [4.78, 5) is 11.5. The van der Waals surface area contributed by atoms with Crippen LogP contribution in [0.3, 0.4) is 0 Å². The summed E-state index contributed by atoms with van der Waals surface area (Å²) in [5, 5.41) is 0. The number of nitrogens with zero attached hydrogens (tertiary/aromatic N) is 1. The van der Waals surface area contributed by atoms with Crippen LogP contribution in [0.4, 0.5) is 4.39 Å². The molecular formula is C11H14FNO3. The van der Waals surface area contributed by atoms with E-state index < -0.39 is 12.4 Å². The van der Waals surface area contributed by atoms with Gasteiger partial charge in [0.25, 0.3) is 5.56 Å². The first kappa shape index (κ1) is 11.3. The maximum Gasteiger partial charge on any atom is 0.252 e. The van der Waals surface area contributed by atoms with E-state index in [4.69, 9.17) is 9.47 Å². The van der Waals surface area contributed by atoms with Crippen LogP contribution in [-0.4, -0.2) is 30.6 Å². The Labute approximate surface area is 92.6 Å². The van der Waals surface area contributed by atoms with Gasteiger partial charge in [0.2, 0.25) is 0 Å². The largest absolute Gasteiger partial charge is 0.382 e. The fourth-order valence-electron chi connectivity index (χ4n) is 1.89. The van der Waals surface area contributed by atoms with Gasteiger partial charge < -0.3 is 9.47 Å². The summed E-state index contributed by atoms with van der Waals surface area (Å²) in [6.45, 7) is 0.346. The molecule has 0 radical (unpaired) electrons. The quantitative estimate of drug-likeness (QED) is 0.777. The Morgan fingerprint density at radius 1 is 1.62 bits per heavy atom. The number of methoxy groups -OCH3 is 1. The van der Waals surface area contributed by atoms with E-state index in [1.807, 2.05) is 0 Å². The van der Waals surface area contributed by atoms with E-state index in [-0.39, 0.29) is 18.1 Å². The molecule has 1 aliphatic heterocycles. The fraction of sp³-hybridized carbons (Fsp3) is 0.545. The van der Waals surface area contributed by atoms with Crippen LogP contribution in [0.15, 0.2) is 29.2 Å². The van der Waals surface area contributed by atoms with Crippen molar-refractivity contribution in [3.63, 3.8) is 0 Å². The van der Waals surface area contributed by atoms with Crippen LogP contribution >= 0.6 is 0 Å². The molecule has 0 bridgehead atoms. The lowest BCUT2D eigenvalue weighted by Crippen LogP contribution is -2.27. The molecule has 0 N–H and O–H groups in total. The molecule has 1 aliphatic rings. The zero-order chi connectivity index (χ0) is 11.5. The van der Waals surface area contributed by atoms with E-state index in [9.17, 15) is 9.18 Å². The number of pyridine rings is 1. The van der Waals surface area contributed by atoms with Gasteiger partial charge in [-0.25, -0.2) is 4.39 Å². The van der Waals surface area contributed by atoms with E-state index in [1.54, 1.807) is 19.2 Å². The normalized spacial score (nSPS) is 29.5. The lowest BCUT2D eigenvalue weighted by atomic mass is 10.2. The lowest BCUT2D eigenvalue weighted by Gasteiger charge is -2.16. The van der Waals surface area contributed by atoms with Gasteiger partial charge in [0.05, 0.1) is 12.7 Å². The number of alkyl halides is 1. The Morgan fingerprint density at radius 3 is 3.12 bits per heavy atom. The van der Waals surface area contributed by atoms with Crippen molar-refractivity contribution in [2.24, 2.45) is 0 Å². The summed E-state index contributed by atoms with van der Waals surface area (Å²) < 4.78 is 25.3. The molecule has 0 amide bonds. The van der Waals surface area contributed by atoms with Gasteiger partial charge in [-0.3, -0.25) is 9.36 Å². The minimum absolute atomic E-state index is 0.256. The van der Waals surface area contributed by atoms with Crippen molar-refractivity contribution in [2.75, 3.05) is 13.7 Å². The van der Waals surface area contributed by atoms with Crippen molar-refractivity contribution >= 4 is 0 Å². The van der Waals surface area contributed by atoms with Crippen LogP contribution in [0.2, 0.25) is 0 Å². The second-order valence-corrected chi connectivity index (χ2v) is 3.80. The zero-order valence-electron chi connectivity index (χ0n) is 9.01. The Hall–Kier alpha value is -1.20. The monoisotopic (exact) mass is 227 g/mol. The highest BCUT2D eigenvalue weighted by Crippen LogP contribution is 2.30.